The molecule has 0 saturated carbocycles. The number of quaternary nitrogens is 1. The summed E-state index contributed by atoms with van der Waals surface area (Å²) in [5.74, 6) is 1.18. The molecular weight excluding hydrogens is 315 g/mol. The molecule has 2 aliphatic rings. The fourth-order valence-electron chi connectivity index (χ4n) is 1.78. The van der Waals surface area contributed by atoms with Gasteiger partial charge in [-0.05, 0) is 24.0 Å². The van der Waals surface area contributed by atoms with Crippen LogP contribution in [-0.2, 0) is 25.6 Å². The van der Waals surface area contributed by atoms with Crippen LogP contribution in [0.4, 0.5) is 0 Å². The van der Waals surface area contributed by atoms with Gasteiger partial charge < -0.3 is 9.05 Å². The Bertz CT molecular complexity index is 590. The first kappa shape index (κ1) is 15.8. The van der Waals surface area contributed by atoms with Crippen molar-refractivity contribution in [3.8, 4) is 0 Å². The van der Waals surface area contributed by atoms with E-state index in [4.69, 9.17) is 20.9 Å². The van der Waals surface area contributed by atoms with Crippen LogP contribution in [0.15, 0.2) is 41.2 Å². The molecule has 8 heteroatoms. The maximum absolute atomic E-state index is 12.3. The van der Waals surface area contributed by atoms with Gasteiger partial charge in [0.05, 0.1) is 18.8 Å². The van der Waals surface area contributed by atoms with E-state index in [9.17, 15) is 4.79 Å². The Hall–Kier alpha value is -0.560. The van der Waals surface area contributed by atoms with E-state index in [0.717, 1.165) is 0 Å². The van der Waals surface area contributed by atoms with Crippen LogP contribution in [0, 0.1) is 0 Å². The van der Waals surface area contributed by atoms with E-state index >= 15 is 0 Å². The summed E-state index contributed by atoms with van der Waals surface area (Å²) in [5, 5.41) is 0. The number of carbonyl (C=O) groups is 1. The van der Waals surface area contributed by atoms with Gasteiger partial charge in [-0.15, -0.1) is 0 Å². The number of nitrogens with zero attached hydrogens (tertiary/aromatic N) is 2. The third kappa shape index (κ3) is 3.03. The standard InChI is InChI=1S/C12H16N2O3PS2/c1-14-7-5-4-6-11(14)13-10(8-12(14)15)9-20-18(19,16-2)17-3/h4-8H,9H2,1-3H3/q+1. The van der Waals surface area contributed by atoms with Crippen molar-refractivity contribution in [3.05, 3.63) is 36.2 Å². The highest BCUT2D eigenvalue weighted by molar-refractivity contribution is 8.67. The number of likely N-dealkylation sites (N-methyl/N-ethyl adjacent to an activating group) is 1. The highest BCUT2D eigenvalue weighted by atomic mass is 32.9. The summed E-state index contributed by atoms with van der Waals surface area (Å²) in [6, 6.07) is 0. The number of fused-ring (bicyclic) bond motifs is 1. The summed E-state index contributed by atoms with van der Waals surface area (Å²) >= 11 is 6.65. The van der Waals surface area contributed by atoms with Crippen molar-refractivity contribution < 1.29 is 18.3 Å². The Balaban J connectivity index is 2.16. The number of allylic oxidation sites excluding steroid dienone is 2. The Morgan fingerprint density at radius 1 is 1.40 bits per heavy atom. The van der Waals surface area contributed by atoms with E-state index in [2.05, 4.69) is 4.99 Å². The number of amidine groups is 1. The molecular formula is C12H16N2O3PS2+. The van der Waals surface area contributed by atoms with Gasteiger partial charge in [-0.1, -0.05) is 11.4 Å². The minimum atomic E-state index is -2.33. The van der Waals surface area contributed by atoms with Gasteiger partial charge in [0.2, 0.25) is 11.5 Å². The maximum atomic E-state index is 12.3. The number of hydrogen-bond acceptors (Lipinski definition) is 6. The Kier molecular flexibility index (Phi) is 4.79. The van der Waals surface area contributed by atoms with E-state index in [1.165, 1.54) is 25.6 Å². The van der Waals surface area contributed by atoms with Crippen molar-refractivity contribution >= 4 is 40.6 Å². The lowest BCUT2D eigenvalue weighted by Gasteiger charge is -2.29. The minimum Gasteiger partial charge on any atom is -0.325 e. The zero-order valence-electron chi connectivity index (χ0n) is 11.5. The van der Waals surface area contributed by atoms with Crippen LogP contribution in [-0.4, -0.2) is 43.2 Å². The predicted octanol–water partition coefficient (Wildman–Crippen LogP) is 2.59. The molecule has 0 radical (unpaired) electrons. The van der Waals surface area contributed by atoms with Gasteiger partial charge in [0.25, 0.3) is 0 Å². The number of rotatable bonds is 5. The second-order valence-electron chi connectivity index (χ2n) is 4.31. The molecule has 0 saturated heterocycles. The van der Waals surface area contributed by atoms with E-state index in [-0.39, 0.29) is 10.4 Å². The van der Waals surface area contributed by atoms with Gasteiger partial charge in [-0.3, -0.25) is 0 Å². The SMILES string of the molecule is COP(=S)(OC)SCC1=CC(=O)[N+]2(C)C=CC=CC2=N1. The number of aliphatic imine (C=N–C) groups is 1. The Morgan fingerprint density at radius 3 is 2.75 bits per heavy atom. The van der Waals surface area contributed by atoms with Crippen LogP contribution >= 0.6 is 17.1 Å². The monoisotopic (exact) mass is 331 g/mol. The largest absolute Gasteiger partial charge is 0.351 e. The molecule has 0 N–H and O–H groups in total. The third-order valence-electron chi connectivity index (χ3n) is 3.04. The first-order chi connectivity index (χ1) is 9.43. The first-order valence-electron chi connectivity index (χ1n) is 5.86. The number of carbonyl (C=O) groups excluding carboxylic acids is 1. The second kappa shape index (κ2) is 6.05. The fourth-order valence-corrected chi connectivity index (χ4v) is 4.55. The van der Waals surface area contributed by atoms with Crippen LogP contribution in [0.2, 0.25) is 0 Å². The molecule has 0 bridgehead atoms. The van der Waals surface area contributed by atoms with E-state index in [1.54, 1.807) is 6.08 Å². The van der Waals surface area contributed by atoms with Crippen LogP contribution in [0.25, 0.3) is 0 Å². The third-order valence-corrected chi connectivity index (χ3v) is 8.75. The number of amides is 1. The average Bonchev–Trinajstić information content (AvgIpc) is 2.46. The predicted molar refractivity (Wildman–Crippen MR) is 85.8 cm³/mol. The molecule has 1 unspecified atom stereocenters. The molecule has 2 heterocycles. The van der Waals surface area contributed by atoms with Gasteiger partial charge >= 0.3 is 5.91 Å². The molecule has 0 aromatic rings. The summed E-state index contributed by atoms with van der Waals surface area (Å²) < 4.78 is 10.5. The van der Waals surface area contributed by atoms with Gasteiger partial charge in [0.1, 0.15) is 6.20 Å². The minimum absolute atomic E-state index is 0.0191. The lowest BCUT2D eigenvalue weighted by atomic mass is 10.2. The van der Waals surface area contributed by atoms with E-state index < -0.39 is 5.69 Å². The first-order valence-corrected chi connectivity index (χ1v) is 10.1. The summed E-state index contributed by atoms with van der Waals surface area (Å²) in [7, 11) is 4.88. The van der Waals surface area contributed by atoms with Crippen molar-refractivity contribution in [1.29, 1.82) is 0 Å². The van der Waals surface area contributed by atoms with Gasteiger partial charge in [-0.2, -0.15) is 9.48 Å². The molecule has 108 valence electrons. The topological polar surface area (TPSA) is 47.9 Å². The van der Waals surface area contributed by atoms with E-state index in [0.29, 0.717) is 17.3 Å². The molecule has 2 rings (SSSR count). The quantitative estimate of drug-likeness (QED) is 0.572. The van der Waals surface area contributed by atoms with Crippen molar-refractivity contribution in [2.24, 2.45) is 4.99 Å². The highest BCUT2D eigenvalue weighted by Gasteiger charge is 2.38. The van der Waals surface area contributed by atoms with Gasteiger partial charge in [0.15, 0.2) is 0 Å². The lowest BCUT2D eigenvalue weighted by molar-refractivity contribution is -0.680. The van der Waals surface area contributed by atoms with Crippen molar-refractivity contribution in [1.82, 2.24) is 0 Å². The van der Waals surface area contributed by atoms with Crippen LogP contribution < -0.4 is 0 Å². The Morgan fingerprint density at radius 2 is 2.10 bits per heavy atom. The zero-order valence-corrected chi connectivity index (χ0v) is 14.0. The summed E-state index contributed by atoms with van der Waals surface area (Å²) in [6.07, 6.45) is 8.94. The Labute approximate surface area is 127 Å². The molecule has 0 aliphatic carbocycles. The molecule has 5 nitrogen and oxygen atoms in total. The molecule has 0 aromatic carbocycles. The average molecular weight is 331 g/mol. The van der Waals surface area contributed by atoms with Gasteiger partial charge in [-0.25, -0.2) is 4.79 Å². The lowest BCUT2D eigenvalue weighted by Crippen LogP contribution is -2.50. The summed E-state index contributed by atoms with van der Waals surface area (Å²) in [6.45, 7) is 0. The maximum Gasteiger partial charge on any atom is 0.351 e. The van der Waals surface area contributed by atoms with Crippen molar-refractivity contribution in [3.63, 3.8) is 0 Å². The second-order valence-corrected chi connectivity index (χ2v) is 10.8. The molecule has 0 fully saturated rings. The summed E-state index contributed by atoms with van der Waals surface area (Å²) in [5.41, 5.74) is -1.64. The van der Waals surface area contributed by atoms with Crippen LogP contribution in [0.1, 0.15) is 0 Å². The van der Waals surface area contributed by atoms with E-state index in [1.807, 2.05) is 31.5 Å². The van der Waals surface area contributed by atoms with Crippen molar-refractivity contribution in [2.75, 3.05) is 27.0 Å². The fraction of sp³-hybridized carbons (Fsp3) is 0.333. The zero-order chi connectivity index (χ0) is 14.8. The molecule has 0 spiro atoms. The molecule has 2 aliphatic heterocycles. The molecule has 0 aromatic heterocycles. The molecule has 1 atom stereocenters. The van der Waals surface area contributed by atoms with Gasteiger partial charge in [0, 0.05) is 26.0 Å². The summed E-state index contributed by atoms with van der Waals surface area (Å²) in [4.78, 5) is 16.8. The smallest absolute Gasteiger partial charge is 0.325 e. The van der Waals surface area contributed by atoms with Crippen molar-refractivity contribution in [2.45, 2.75) is 0 Å². The highest BCUT2D eigenvalue weighted by Crippen LogP contribution is 2.60. The molecule has 20 heavy (non-hydrogen) atoms. The van der Waals surface area contributed by atoms with Crippen LogP contribution in [0.5, 0.6) is 0 Å². The molecule has 1 amide bonds. The normalized spacial score (nSPS) is 25.2. The van der Waals surface area contributed by atoms with Crippen LogP contribution in [0.3, 0.4) is 0 Å². The number of hydrogen-bond donors (Lipinski definition) is 0.